The number of rotatable bonds is 4. The van der Waals surface area contributed by atoms with E-state index in [2.05, 4.69) is 24.5 Å². The molecule has 1 fully saturated rings. The monoisotopic (exact) mass is 255 g/mol. The van der Waals surface area contributed by atoms with E-state index >= 15 is 0 Å². The first-order valence-electron chi connectivity index (χ1n) is 7.08. The molecule has 1 heterocycles. The summed E-state index contributed by atoms with van der Waals surface area (Å²) in [6.07, 6.45) is 2.40. The molecule has 0 aliphatic carbocycles. The van der Waals surface area contributed by atoms with Gasteiger partial charge in [0.05, 0.1) is 0 Å². The van der Waals surface area contributed by atoms with Crippen LogP contribution in [-0.4, -0.2) is 42.1 Å². The fourth-order valence-corrected chi connectivity index (χ4v) is 2.26. The molecule has 1 atom stereocenters. The molecule has 4 heteroatoms. The molecule has 2 N–H and O–H groups in total. The normalized spacial score (nSPS) is 20.2. The van der Waals surface area contributed by atoms with Crippen LogP contribution in [0, 0.1) is 5.92 Å². The maximum Gasteiger partial charge on any atom is 0.317 e. The van der Waals surface area contributed by atoms with Crippen LogP contribution in [0.25, 0.3) is 0 Å². The zero-order valence-electron chi connectivity index (χ0n) is 12.5. The van der Waals surface area contributed by atoms with Crippen LogP contribution < -0.4 is 10.6 Å². The Balaban J connectivity index is 2.55. The van der Waals surface area contributed by atoms with Crippen molar-refractivity contribution in [3.63, 3.8) is 0 Å². The number of amides is 2. The summed E-state index contributed by atoms with van der Waals surface area (Å²) >= 11 is 0. The second-order valence-corrected chi connectivity index (χ2v) is 6.77. The fourth-order valence-electron chi connectivity index (χ4n) is 2.26. The maximum absolute atomic E-state index is 12.3. The lowest BCUT2D eigenvalue weighted by Gasteiger charge is -2.31. The summed E-state index contributed by atoms with van der Waals surface area (Å²) < 4.78 is 0. The third-order valence-corrected chi connectivity index (χ3v) is 2.96. The van der Waals surface area contributed by atoms with Gasteiger partial charge in [0.1, 0.15) is 0 Å². The topological polar surface area (TPSA) is 44.4 Å². The molecule has 2 amide bonds. The Morgan fingerprint density at radius 3 is 2.56 bits per heavy atom. The Hall–Kier alpha value is -0.770. The van der Waals surface area contributed by atoms with E-state index in [-0.39, 0.29) is 11.6 Å². The molecule has 1 unspecified atom stereocenters. The summed E-state index contributed by atoms with van der Waals surface area (Å²) in [5.74, 6) is 0.497. The van der Waals surface area contributed by atoms with Crippen molar-refractivity contribution in [1.82, 2.24) is 15.5 Å². The third-order valence-electron chi connectivity index (χ3n) is 2.96. The second kappa shape index (κ2) is 6.41. The molecule has 0 bridgehead atoms. The van der Waals surface area contributed by atoms with E-state index in [9.17, 15) is 4.79 Å². The fraction of sp³-hybridized carbons (Fsp3) is 0.929. The minimum Gasteiger partial charge on any atom is -0.333 e. The second-order valence-electron chi connectivity index (χ2n) is 6.77. The predicted molar refractivity (Wildman–Crippen MR) is 75.7 cm³/mol. The summed E-state index contributed by atoms with van der Waals surface area (Å²) in [5.41, 5.74) is -0.171. The van der Waals surface area contributed by atoms with E-state index in [0.29, 0.717) is 12.0 Å². The van der Waals surface area contributed by atoms with Gasteiger partial charge in [0.25, 0.3) is 0 Å². The predicted octanol–water partition coefficient (Wildman–Crippen LogP) is 2.20. The minimum atomic E-state index is -0.171. The van der Waals surface area contributed by atoms with Crippen LogP contribution in [0.5, 0.6) is 0 Å². The average molecular weight is 255 g/mol. The van der Waals surface area contributed by atoms with Gasteiger partial charge in [-0.3, -0.25) is 0 Å². The SMILES string of the molecule is CC(C)CN(CC1CCCN1)C(=O)NC(C)(C)C. The van der Waals surface area contributed by atoms with Crippen molar-refractivity contribution in [1.29, 1.82) is 0 Å². The van der Waals surface area contributed by atoms with Gasteiger partial charge in [-0.25, -0.2) is 4.79 Å². The van der Waals surface area contributed by atoms with Crippen LogP contribution in [-0.2, 0) is 0 Å². The van der Waals surface area contributed by atoms with Crippen LogP contribution >= 0.6 is 0 Å². The number of urea groups is 1. The van der Waals surface area contributed by atoms with Crippen molar-refractivity contribution in [3.8, 4) is 0 Å². The average Bonchev–Trinajstić information content (AvgIpc) is 2.65. The van der Waals surface area contributed by atoms with Gasteiger partial charge < -0.3 is 15.5 Å². The molecule has 0 aromatic carbocycles. The maximum atomic E-state index is 12.3. The first-order chi connectivity index (χ1) is 8.28. The standard InChI is InChI=1S/C14H29N3O/c1-11(2)9-17(10-12-7-6-8-15-12)13(18)16-14(3,4)5/h11-12,15H,6-10H2,1-5H3,(H,16,18). The van der Waals surface area contributed by atoms with Crippen LogP contribution in [0.15, 0.2) is 0 Å². The quantitative estimate of drug-likeness (QED) is 0.809. The van der Waals surface area contributed by atoms with Crippen molar-refractivity contribution in [2.24, 2.45) is 5.92 Å². The van der Waals surface area contributed by atoms with Crippen molar-refractivity contribution < 1.29 is 4.79 Å². The highest BCUT2D eigenvalue weighted by atomic mass is 16.2. The highest BCUT2D eigenvalue weighted by Crippen LogP contribution is 2.10. The largest absolute Gasteiger partial charge is 0.333 e. The summed E-state index contributed by atoms with van der Waals surface area (Å²) in [6, 6.07) is 0.527. The van der Waals surface area contributed by atoms with E-state index < -0.39 is 0 Å². The van der Waals surface area contributed by atoms with Crippen molar-refractivity contribution in [3.05, 3.63) is 0 Å². The third kappa shape index (κ3) is 5.71. The lowest BCUT2D eigenvalue weighted by Crippen LogP contribution is -2.52. The first-order valence-corrected chi connectivity index (χ1v) is 7.08. The highest BCUT2D eigenvalue weighted by Gasteiger charge is 2.24. The van der Waals surface area contributed by atoms with Crippen molar-refractivity contribution >= 4 is 6.03 Å². The molecule has 1 saturated heterocycles. The number of hydrogen-bond acceptors (Lipinski definition) is 2. The van der Waals surface area contributed by atoms with Gasteiger partial charge in [-0.2, -0.15) is 0 Å². The van der Waals surface area contributed by atoms with E-state index in [4.69, 9.17) is 0 Å². The Labute approximate surface area is 111 Å². The van der Waals surface area contributed by atoms with Crippen molar-refractivity contribution in [2.45, 2.75) is 59.0 Å². The molecule has 1 aliphatic heterocycles. The number of carbonyl (C=O) groups excluding carboxylic acids is 1. The highest BCUT2D eigenvalue weighted by molar-refractivity contribution is 5.75. The number of nitrogens with zero attached hydrogens (tertiary/aromatic N) is 1. The van der Waals surface area contributed by atoms with E-state index in [1.165, 1.54) is 12.8 Å². The molecule has 18 heavy (non-hydrogen) atoms. The van der Waals surface area contributed by atoms with Crippen LogP contribution in [0.2, 0.25) is 0 Å². The van der Waals surface area contributed by atoms with E-state index in [1.807, 2.05) is 25.7 Å². The molecule has 1 rings (SSSR count). The molecule has 4 nitrogen and oxygen atoms in total. The minimum absolute atomic E-state index is 0.0601. The molecule has 0 aromatic rings. The van der Waals surface area contributed by atoms with Gasteiger partial charge in [0.15, 0.2) is 0 Å². The lowest BCUT2D eigenvalue weighted by molar-refractivity contribution is 0.176. The van der Waals surface area contributed by atoms with Gasteiger partial charge in [-0.05, 0) is 46.1 Å². The first kappa shape index (κ1) is 15.3. The summed E-state index contributed by atoms with van der Waals surface area (Å²) in [6.45, 7) is 13.1. The Morgan fingerprint density at radius 1 is 1.44 bits per heavy atom. The van der Waals surface area contributed by atoms with Gasteiger partial charge in [-0.1, -0.05) is 13.8 Å². The molecular weight excluding hydrogens is 226 g/mol. The number of nitrogens with one attached hydrogen (secondary N) is 2. The zero-order chi connectivity index (χ0) is 13.8. The molecular formula is C14H29N3O. The molecule has 0 spiro atoms. The van der Waals surface area contributed by atoms with Crippen LogP contribution in [0.3, 0.4) is 0 Å². The molecule has 0 radical (unpaired) electrons. The molecule has 0 aromatic heterocycles. The molecule has 106 valence electrons. The summed E-state index contributed by atoms with van der Waals surface area (Å²) in [4.78, 5) is 14.2. The van der Waals surface area contributed by atoms with Crippen molar-refractivity contribution in [2.75, 3.05) is 19.6 Å². The van der Waals surface area contributed by atoms with E-state index in [0.717, 1.165) is 19.6 Å². The number of carbonyl (C=O) groups is 1. The Morgan fingerprint density at radius 2 is 2.11 bits per heavy atom. The molecule has 1 aliphatic rings. The summed E-state index contributed by atoms with van der Waals surface area (Å²) in [7, 11) is 0. The smallest absolute Gasteiger partial charge is 0.317 e. The molecule has 0 saturated carbocycles. The number of hydrogen-bond donors (Lipinski definition) is 2. The Bertz CT molecular complexity index is 265. The van der Waals surface area contributed by atoms with Gasteiger partial charge in [-0.15, -0.1) is 0 Å². The summed E-state index contributed by atoms with van der Waals surface area (Å²) in [5, 5.41) is 6.51. The zero-order valence-corrected chi connectivity index (χ0v) is 12.5. The van der Waals surface area contributed by atoms with Gasteiger partial charge in [0.2, 0.25) is 0 Å². The Kier molecular flexibility index (Phi) is 5.45. The van der Waals surface area contributed by atoms with Gasteiger partial charge in [0, 0.05) is 24.7 Å². The van der Waals surface area contributed by atoms with Crippen LogP contribution in [0.4, 0.5) is 4.79 Å². The van der Waals surface area contributed by atoms with Gasteiger partial charge >= 0.3 is 6.03 Å². The van der Waals surface area contributed by atoms with E-state index in [1.54, 1.807) is 0 Å². The van der Waals surface area contributed by atoms with Crippen LogP contribution in [0.1, 0.15) is 47.5 Å². The lowest BCUT2D eigenvalue weighted by atomic mass is 10.1.